The first-order valence-corrected chi connectivity index (χ1v) is 6.06. The van der Waals surface area contributed by atoms with Crippen molar-refractivity contribution in [2.75, 3.05) is 5.32 Å². The van der Waals surface area contributed by atoms with Crippen molar-refractivity contribution < 1.29 is 9.90 Å². The standard InChI is InChI=1S/C12H12N2O2S/c1-2-8-7-13-12(17-8)14-11(16)9-5-3-4-6-10(9)15/h3-7,15H,2H2,1H3,(H,13,14,16). The van der Waals surface area contributed by atoms with Gasteiger partial charge in [0.1, 0.15) is 5.75 Å². The van der Waals surface area contributed by atoms with Crippen molar-refractivity contribution in [1.82, 2.24) is 4.98 Å². The predicted octanol–water partition coefficient (Wildman–Crippen LogP) is 2.66. The van der Waals surface area contributed by atoms with Crippen LogP contribution in [0.25, 0.3) is 0 Å². The number of carbonyl (C=O) groups is 1. The highest BCUT2D eigenvalue weighted by molar-refractivity contribution is 7.15. The summed E-state index contributed by atoms with van der Waals surface area (Å²) < 4.78 is 0. The van der Waals surface area contributed by atoms with E-state index in [9.17, 15) is 9.90 Å². The Morgan fingerprint density at radius 1 is 1.47 bits per heavy atom. The molecule has 0 unspecified atom stereocenters. The van der Waals surface area contributed by atoms with Gasteiger partial charge in [-0.25, -0.2) is 4.98 Å². The largest absolute Gasteiger partial charge is 0.507 e. The van der Waals surface area contributed by atoms with E-state index >= 15 is 0 Å². The highest BCUT2D eigenvalue weighted by Crippen LogP contribution is 2.21. The summed E-state index contributed by atoms with van der Waals surface area (Å²) in [5.41, 5.74) is 0.251. The van der Waals surface area contributed by atoms with Crippen LogP contribution in [0.3, 0.4) is 0 Å². The molecule has 2 rings (SSSR count). The topological polar surface area (TPSA) is 62.2 Å². The molecule has 17 heavy (non-hydrogen) atoms. The monoisotopic (exact) mass is 248 g/mol. The molecule has 0 saturated carbocycles. The number of amides is 1. The van der Waals surface area contributed by atoms with Crippen LogP contribution in [-0.4, -0.2) is 16.0 Å². The minimum Gasteiger partial charge on any atom is -0.507 e. The lowest BCUT2D eigenvalue weighted by Gasteiger charge is -2.03. The Morgan fingerprint density at radius 2 is 2.24 bits per heavy atom. The lowest BCUT2D eigenvalue weighted by Crippen LogP contribution is -2.11. The number of anilines is 1. The molecule has 1 aromatic heterocycles. The first-order valence-electron chi connectivity index (χ1n) is 5.24. The van der Waals surface area contributed by atoms with E-state index in [0.717, 1.165) is 11.3 Å². The number of thiazole rings is 1. The maximum absolute atomic E-state index is 11.8. The van der Waals surface area contributed by atoms with Crippen LogP contribution in [0.5, 0.6) is 5.75 Å². The van der Waals surface area contributed by atoms with E-state index in [0.29, 0.717) is 5.13 Å². The van der Waals surface area contributed by atoms with Gasteiger partial charge in [-0.05, 0) is 18.6 Å². The Hall–Kier alpha value is -1.88. The number of benzene rings is 1. The number of phenolic OH excluding ortho intramolecular Hbond substituents is 1. The van der Waals surface area contributed by atoms with E-state index in [2.05, 4.69) is 10.3 Å². The van der Waals surface area contributed by atoms with Gasteiger partial charge in [-0.3, -0.25) is 10.1 Å². The first-order chi connectivity index (χ1) is 8.20. The van der Waals surface area contributed by atoms with E-state index < -0.39 is 0 Å². The molecule has 0 aliphatic heterocycles. The van der Waals surface area contributed by atoms with Gasteiger partial charge in [0.2, 0.25) is 0 Å². The molecule has 88 valence electrons. The Kier molecular flexibility index (Phi) is 3.39. The van der Waals surface area contributed by atoms with Crippen LogP contribution in [0.2, 0.25) is 0 Å². The second-order valence-electron chi connectivity index (χ2n) is 3.46. The summed E-state index contributed by atoms with van der Waals surface area (Å²) in [5.74, 6) is -0.377. The molecule has 2 N–H and O–H groups in total. The highest BCUT2D eigenvalue weighted by atomic mass is 32.1. The van der Waals surface area contributed by atoms with Crippen LogP contribution in [-0.2, 0) is 6.42 Å². The van der Waals surface area contributed by atoms with Gasteiger partial charge in [-0.2, -0.15) is 0 Å². The zero-order valence-electron chi connectivity index (χ0n) is 9.30. The van der Waals surface area contributed by atoms with Gasteiger partial charge in [-0.15, -0.1) is 11.3 Å². The number of aryl methyl sites for hydroxylation is 1. The average molecular weight is 248 g/mol. The number of carbonyl (C=O) groups excluding carboxylic acids is 1. The quantitative estimate of drug-likeness (QED) is 0.877. The molecule has 0 radical (unpaired) electrons. The van der Waals surface area contributed by atoms with Gasteiger partial charge in [0.25, 0.3) is 5.91 Å². The molecular weight excluding hydrogens is 236 g/mol. The smallest absolute Gasteiger partial charge is 0.261 e. The van der Waals surface area contributed by atoms with Crippen molar-refractivity contribution in [2.24, 2.45) is 0 Å². The number of nitrogens with zero attached hydrogens (tertiary/aromatic N) is 1. The molecule has 0 fully saturated rings. The van der Waals surface area contributed by atoms with Gasteiger partial charge >= 0.3 is 0 Å². The molecule has 0 saturated heterocycles. The second-order valence-corrected chi connectivity index (χ2v) is 4.57. The summed E-state index contributed by atoms with van der Waals surface area (Å²) in [6, 6.07) is 6.42. The molecule has 1 heterocycles. The maximum Gasteiger partial charge on any atom is 0.261 e. The second kappa shape index (κ2) is 4.97. The van der Waals surface area contributed by atoms with Crippen LogP contribution >= 0.6 is 11.3 Å². The van der Waals surface area contributed by atoms with Crippen molar-refractivity contribution in [3.8, 4) is 5.75 Å². The number of phenols is 1. The van der Waals surface area contributed by atoms with E-state index in [1.807, 2.05) is 6.92 Å². The summed E-state index contributed by atoms with van der Waals surface area (Å²) in [6.45, 7) is 2.03. The third kappa shape index (κ3) is 2.62. The fraction of sp³-hybridized carbons (Fsp3) is 0.167. The summed E-state index contributed by atoms with van der Waals surface area (Å²) in [4.78, 5) is 17.0. The molecule has 0 spiro atoms. The van der Waals surface area contributed by atoms with Crippen molar-refractivity contribution in [3.05, 3.63) is 40.9 Å². The zero-order chi connectivity index (χ0) is 12.3. The summed E-state index contributed by atoms with van der Waals surface area (Å²) in [7, 11) is 0. The fourth-order valence-electron chi connectivity index (χ4n) is 1.36. The number of aromatic hydroxyl groups is 1. The molecule has 0 aliphatic carbocycles. The van der Waals surface area contributed by atoms with E-state index in [4.69, 9.17) is 0 Å². The molecule has 4 nitrogen and oxygen atoms in total. The van der Waals surface area contributed by atoms with E-state index in [1.54, 1.807) is 24.4 Å². The fourth-order valence-corrected chi connectivity index (χ4v) is 2.11. The molecule has 1 amide bonds. The van der Waals surface area contributed by atoms with Gasteiger partial charge in [0.15, 0.2) is 5.13 Å². The van der Waals surface area contributed by atoms with E-state index in [1.165, 1.54) is 17.4 Å². The Morgan fingerprint density at radius 3 is 2.88 bits per heavy atom. The van der Waals surface area contributed by atoms with Crippen LogP contribution in [0.4, 0.5) is 5.13 Å². The van der Waals surface area contributed by atoms with Crippen LogP contribution in [0.15, 0.2) is 30.5 Å². The molecule has 1 aromatic carbocycles. The maximum atomic E-state index is 11.8. The molecule has 0 atom stereocenters. The molecule has 0 aliphatic rings. The lowest BCUT2D eigenvalue weighted by molar-refractivity contribution is 0.102. The number of hydrogen-bond donors (Lipinski definition) is 2. The number of rotatable bonds is 3. The minimum atomic E-state index is -0.347. The average Bonchev–Trinajstić information content (AvgIpc) is 2.77. The first kappa shape index (κ1) is 11.6. The third-order valence-electron chi connectivity index (χ3n) is 2.27. The normalized spacial score (nSPS) is 10.2. The SMILES string of the molecule is CCc1cnc(NC(=O)c2ccccc2O)s1. The van der Waals surface area contributed by atoms with Crippen molar-refractivity contribution in [2.45, 2.75) is 13.3 Å². The number of aromatic nitrogens is 1. The van der Waals surface area contributed by atoms with Crippen molar-refractivity contribution in [1.29, 1.82) is 0 Å². The van der Waals surface area contributed by atoms with Crippen LogP contribution in [0.1, 0.15) is 22.2 Å². The van der Waals surface area contributed by atoms with Crippen LogP contribution in [0, 0.1) is 0 Å². The summed E-state index contributed by atoms with van der Waals surface area (Å²) in [5, 5.41) is 12.7. The van der Waals surface area contributed by atoms with Gasteiger partial charge in [0, 0.05) is 11.1 Å². The van der Waals surface area contributed by atoms with Gasteiger partial charge in [-0.1, -0.05) is 19.1 Å². The van der Waals surface area contributed by atoms with E-state index in [-0.39, 0.29) is 17.2 Å². The highest BCUT2D eigenvalue weighted by Gasteiger charge is 2.11. The molecular formula is C12H12N2O2S. The van der Waals surface area contributed by atoms with Crippen molar-refractivity contribution in [3.63, 3.8) is 0 Å². The minimum absolute atomic E-state index is 0.0303. The van der Waals surface area contributed by atoms with Gasteiger partial charge in [0.05, 0.1) is 5.56 Å². The number of hydrogen-bond acceptors (Lipinski definition) is 4. The van der Waals surface area contributed by atoms with Gasteiger partial charge < -0.3 is 5.11 Å². The van der Waals surface area contributed by atoms with Crippen LogP contribution < -0.4 is 5.32 Å². The lowest BCUT2D eigenvalue weighted by atomic mass is 10.2. The number of nitrogens with one attached hydrogen (secondary N) is 1. The predicted molar refractivity (Wildman–Crippen MR) is 67.6 cm³/mol. The Bertz CT molecular complexity index is 537. The summed E-state index contributed by atoms with van der Waals surface area (Å²) >= 11 is 1.44. The molecule has 0 bridgehead atoms. The number of para-hydroxylation sites is 1. The Labute approximate surface area is 103 Å². The van der Waals surface area contributed by atoms with Crippen molar-refractivity contribution >= 4 is 22.4 Å². The zero-order valence-corrected chi connectivity index (χ0v) is 10.1. The summed E-state index contributed by atoms with van der Waals surface area (Å²) in [6.07, 6.45) is 2.63. The molecule has 5 heteroatoms. The molecule has 2 aromatic rings. The Balaban J connectivity index is 2.14. The third-order valence-corrected chi connectivity index (χ3v) is 3.33.